The van der Waals surface area contributed by atoms with Crippen molar-refractivity contribution in [3.63, 3.8) is 0 Å². The highest BCUT2D eigenvalue weighted by atomic mass is 16.2. The Morgan fingerprint density at radius 1 is 1.38 bits per heavy atom. The van der Waals surface area contributed by atoms with E-state index in [0.717, 1.165) is 6.42 Å². The molecule has 1 rings (SSSR count). The molecule has 1 fully saturated rings. The maximum absolute atomic E-state index is 11.3. The Balaban J connectivity index is 2.24. The van der Waals surface area contributed by atoms with Crippen molar-refractivity contribution in [2.45, 2.75) is 44.6 Å². The van der Waals surface area contributed by atoms with Crippen LogP contribution in [0.5, 0.6) is 0 Å². The van der Waals surface area contributed by atoms with E-state index in [1.165, 1.54) is 4.90 Å². The van der Waals surface area contributed by atoms with Crippen LogP contribution in [0, 0.1) is 11.3 Å². The Morgan fingerprint density at radius 3 is 2.44 bits per heavy atom. The van der Waals surface area contributed by atoms with Crippen LogP contribution in [0.4, 0.5) is 0 Å². The highest BCUT2D eigenvalue weighted by Gasteiger charge is 2.28. The number of rotatable bonds is 5. The van der Waals surface area contributed by atoms with E-state index < -0.39 is 5.54 Å². The van der Waals surface area contributed by atoms with E-state index in [0.29, 0.717) is 32.2 Å². The first-order valence-electron chi connectivity index (χ1n) is 5.49. The predicted molar refractivity (Wildman–Crippen MR) is 58.0 cm³/mol. The van der Waals surface area contributed by atoms with E-state index in [1.807, 2.05) is 6.07 Å². The van der Waals surface area contributed by atoms with Gasteiger partial charge in [0.1, 0.15) is 5.54 Å². The molecule has 0 aromatic carbocycles. The van der Waals surface area contributed by atoms with Gasteiger partial charge >= 0.3 is 0 Å². The predicted octanol–water partition coefficient (Wildman–Crippen LogP) is 0.547. The molecule has 1 saturated heterocycles. The van der Waals surface area contributed by atoms with Gasteiger partial charge in [0.05, 0.1) is 6.07 Å². The van der Waals surface area contributed by atoms with Crippen molar-refractivity contribution < 1.29 is 9.59 Å². The summed E-state index contributed by atoms with van der Waals surface area (Å²) in [5, 5.41) is 8.70. The van der Waals surface area contributed by atoms with Gasteiger partial charge in [-0.2, -0.15) is 5.26 Å². The number of likely N-dealkylation sites (tertiary alicyclic amines) is 1. The summed E-state index contributed by atoms with van der Waals surface area (Å²) in [6, 6.07) is 2.02. The highest BCUT2D eigenvalue weighted by molar-refractivity contribution is 6.01. The van der Waals surface area contributed by atoms with E-state index in [1.54, 1.807) is 6.92 Å². The summed E-state index contributed by atoms with van der Waals surface area (Å²) in [5.74, 6) is -0.165. The van der Waals surface area contributed by atoms with Gasteiger partial charge in [-0.15, -0.1) is 0 Å². The molecule has 0 bridgehead atoms. The summed E-state index contributed by atoms with van der Waals surface area (Å²) < 4.78 is 0. The molecule has 0 aromatic rings. The van der Waals surface area contributed by atoms with Crippen LogP contribution in [-0.4, -0.2) is 28.8 Å². The first-order valence-corrected chi connectivity index (χ1v) is 5.49. The normalized spacial score (nSPS) is 19.7. The molecular formula is C11H17N3O2. The van der Waals surface area contributed by atoms with E-state index >= 15 is 0 Å². The molecular weight excluding hydrogens is 206 g/mol. The van der Waals surface area contributed by atoms with Gasteiger partial charge in [-0.05, 0) is 26.2 Å². The quantitative estimate of drug-likeness (QED) is 0.544. The molecule has 2 N–H and O–H groups in total. The second-order valence-corrected chi connectivity index (χ2v) is 4.43. The van der Waals surface area contributed by atoms with Crippen molar-refractivity contribution in [3.8, 4) is 6.07 Å². The molecule has 1 heterocycles. The second-order valence-electron chi connectivity index (χ2n) is 4.43. The summed E-state index contributed by atoms with van der Waals surface area (Å²) in [6.45, 7) is 2.14. The number of hydrogen-bond acceptors (Lipinski definition) is 4. The largest absolute Gasteiger partial charge is 0.314 e. The van der Waals surface area contributed by atoms with Crippen molar-refractivity contribution in [1.29, 1.82) is 5.26 Å². The topological polar surface area (TPSA) is 87.2 Å². The molecule has 0 spiro atoms. The van der Waals surface area contributed by atoms with Crippen LogP contribution in [0.15, 0.2) is 0 Å². The Morgan fingerprint density at radius 2 is 1.94 bits per heavy atom. The third-order valence-corrected chi connectivity index (χ3v) is 2.74. The van der Waals surface area contributed by atoms with Crippen molar-refractivity contribution in [1.82, 2.24) is 4.90 Å². The zero-order chi connectivity index (χ0) is 12.2. The zero-order valence-electron chi connectivity index (χ0n) is 9.53. The standard InChI is InChI=1S/C11H17N3O2/c1-11(13,8-12)6-2-3-7-14-9(15)4-5-10(14)16/h2-7,13H2,1H3. The maximum atomic E-state index is 11.3. The summed E-state index contributed by atoms with van der Waals surface area (Å²) in [5.41, 5.74) is 4.85. The van der Waals surface area contributed by atoms with E-state index in [2.05, 4.69) is 0 Å². The number of amides is 2. The van der Waals surface area contributed by atoms with Gasteiger partial charge < -0.3 is 5.73 Å². The third kappa shape index (κ3) is 3.31. The summed E-state index contributed by atoms with van der Waals surface area (Å²) >= 11 is 0. The van der Waals surface area contributed by atoms with Gasteiger partial charge in [0, 0.05) is 19.4 Å². The van der Waals surface area contributed by atoms with Gasteiger partial charge in [-0.3, -0.25) is 14.5 Å². The Kier molecular flexibility index (Phi) is 4.02. The van der Waals surface area contributed by atoms with E-state index in [-0.39, 0.29) is 11.8 Å². The number of nitrogens with zero attached hydrogens (tertiary/aromatic N) is 2. The van der Waals surface area contributed by atoms with Crippen molar-refractivity contribution in [2.75, 3.05) is 6.54 Å². The summed E-state index contributed by atoms with van der Waals surface area (Å²) in [4.78, 5) is 23.8. The molecule has 2 amide bonds. The van der Waals surface area contributed by atoms with Gasteiger partial charge in [0.15, 0.2) is 0 Å². The smallest absolute Gasteiger partial charge is 0.229 e. The van der Waals surface area contributed by atoms with Gasteiger partial charge in [0.2, 0.25) is 11.8 Å². The summed E-state index contributed by atoms with van der Waals surface area (Å²) in [7, 11) is 0. The molecule has 1 unspecified atom stereocenters. The molecule has 1 aliphatic heterocycles. The Bertz CT molecular complexity index is 315. The van der Waals surface area contributed by atoms with E-state index in [9.17, 15) is 9.59 Å². The number of nitrogens with two attached hydrogens (primary N) is 1. The van der Waals surface area contributed by atoms with Crippen LogP contribution < -0.4 is 5.73 Å². The second kappa shape index (κ2) is 5.08. The fraction of sp³-hybridized carbons (Fsp3) is 0.727. The van der Waals surface area contributed by atoms with Crippen molar-refractivity contribution in [3.05, 3.63) is 0 Å². The molecule has 0 aromatic heterocycles. The number of hydrogen-bond donors (Lipinski definition) is 1. The average molecular weight is 223 g/mol. The van der Waals surface area contributed by atoms with Crippen LogP contribution in [-0.2, 0) is 9.59 Å². The monoisotopic (exact) mass is 223 g/mol. The van der Waals surface area contributed by atoms with Crippen LogP contribution in [0.1, 0.15) is 39.0 Å². The minimum absolute atomic E-state index is 0.0826. The van der Waals surface area contributed by atoms with Crippen LogP contribution in [0.25, 0.3) is 0 Å². The lowest BCUT2D eigenvalue weighted by atomic mass is 9.98. The number of carbonyl (C=O) groups excluding carboxylic acids is 2. The van der Waals surface area contributed by atoms with Crippen LogP contribution >= 0.6 is 0 Å². The molecule has 5 nitrogen and oxygen atoms in total. The Hall–Kier alpha value is -1.41. The molecule has 1 atom stereocenters. The lowest BCUT2D eigenvalue weighted by Gasteiger charge is -2.17. The minimum Gasteiger partial charge on any atom is -0.314 e. The molecule has 0 saturated carbocycles. The molecule has 0 radical (unpaired) electrons. The van der Waals surface area contributed by atoms with Gasteiger partial charge in [0.25, 0.3) is 0 Å². The van der Waals surface area contributed by atoms with Crippen LogP contribution in [0.2, 0.25) is 0 Å². The lowest BCUT2D eigenvalue weighted by molar-refractivity contribution is -0.138. The SMILES string of the molecule is CC(N)(C#N)CCCCN1C(=O)CCC1=O. The molecule has 5 heteroatoms. The number of unbranched alkanes of at least 4 members (excludes halogenated alkanes) is 1. The number of carbonyl (C=O) groups is 2. The third-order valence-electron chi connectivity index (χ3n) is 2.74. The highest BCUT2D eigenvalue weighted by Crippen LogP contribution is 2.14. The first-order chi connectivity index (χ1) is 7.46. The number of imide groups is 1. The van der Waals surface area contributed by atoms with Crippen molar-refractivity contribution in [2.24, 2.45) is 5.73 Å². The minimum atomic E-state index is -0.807. The number of nitriles is 1. The first kappa shape index (κ1) is 12.7. The molecule has 88 valence electrons. The fourth-order valence-electron chi connectivity index (χ4n) is 1.69. The molecule has 0 aliphatic carbocycles. The van der Waals surface area contributed by atoms with Gasteiger partial charge in [-0.1, -0.05) is 0 Å². The van der Waals surface area contributed by atoms with Crippen LogP contribution in [0.3, 0.4) is 0 Å². The lowest BCUT2D eigenvalue weighted by Crippen LogP contribution is -2.34. The molecule has 1 aliphatic rings. The Labute approximate surface area is 95.2 Å². The van der Waals surface area contributed by atoms with Crippen molar-refractivity contribution >= 4 is 11.8 Å². The molecule has 16 heavy (non-hydrogen) atoms. The maximum Gasteiger partial charge on any atom is 0.229 e. The average Bonchev–Trinajstić information content (AvgIpc) is 2.55. The summed E-state index contributed by atoms with van der Waals surface area (Å²) in [6.07, 6.45) is 2.72. The zero-order valence-corrected chi connectivity index (χ0v) is 9.53. The fourth-order valence-corrected chi connectivity index (χ4v) is 1.69. The van der Waals surface area contributed by atoms with Gasteiger partial charge in [-0.25, -0.2) is 0 Å². The van der Waals surface area contributed by atoms with E-state index in [4.69, 9.17) is 11.0 Å².